The van der Waals surface area contributed by atoms with Crippen molar-refractivity contribution < 1.29 is 9.00 Å². The van der Waals surface area contributed by atoms with Crippen LogP contribution in [-0.4, -0.2) is 21.5 Å². The zero-order valence-electron chi connectivity index (χ0n) is 6.35. The molecule has 0 unspecified atom stereocenters. The molecule has 0 aromatic heterocycles. The average molecular weight is 160 g/mol. The fourth-order valence-electron chi connectivity index (χ4n) is 1.10. The third-order valence-electron chi connectivity index (χ3n) is 1.83. The lowest BCUT2D eigenvalue weighted by molar-refractivity contribution is -0.126. The third kappa shape index (κ3) is 1.45. The van der Waals surface area contributed by atoms with E-state index in [1.54, 1.807) is 0 Å². The molecule has 0 saturated carbocycles. The van der Waals surface area contributed by atoms with Crippen LogP contribution in [0.15, 0.2) is 0 Å². The Bertz CT molecular complexity index is 184. The molecular weight excluding hydrogens is 148 g/mol. The fraction of sp³-hybridized carbons (Fsp3) is 0.857. The van der Waals surface area contributed by atoms with Gasteiger partial charge >= 0.3 is 0 Å². The van der Waals surface area contributed by atoms with Gasteiger partial charge in [0.1, 0.15) is 5.78 Å². The van der Waals surface area contributed by atoms with Crippen molar-refractivity contribution >= 4 is 16.6 Å². The Kier molecular flexibility index (Phi) is 1.95. The molecule has 1 atom stereocenters. The second-order valence-electron chi connectivity index (χ2n) is 3.35. The molecule has 0 aromatic rings. The number of hydrogen-bond donors (Lipinski definition) is 0. The number of hydrogen-bond acceptors (Lipinski definition) is 2. The first-order valence-corrected chi connectivity index (χ1v) is 4.89. The number of carbonyl (C=O) groups is 1. The molecule has 0 amide bonds. The lowest BCUT2D eigenvalue weighted by atomic mass is 9.89. The summed E-state index contributed by atoms with van der Waals surface area (Å²) < 4.78 is 11.0. The Balaban J connectivity index is 2.73. The zero-order chi connectivity index (χ0) is 7.78. The van der Waals surface area contributed by atoms with E-state index in [1.165, 1.54) is 0 Å². The second kappa shape index (κ2) is 2.46. The molecule has 1 heterocycles. The Morgan fingerprint density at radius 3 is 2.50 bits per heavy atom. The van der Waals surface area contributed by atoms with Gasteiger partial charge in [-0.25, -0.2) is 0 Å². The van der Waals surface area contributed by atoms with E-state index in [2.05, 4.69) is 0 Å². The minimum atomic E-state index is -0.751. The van der Waals surface area contributed by atoms with Crippen molar-refractivity contribution in [1.82, 2.24) is 0 Å². The number of carbonyl (C=O) groups excluding carboxylic acids is 1. The van der Waals surface area contributed by atoms with Crippen molar-refractivity contribution in [2.75, 3.05) is 11.5 Å². The van der Waals surface area contributed by atoms with Crippen LogP contribution >= 0.6 is 0 Å². The predicted molar refractivity (Wildman–Crippen MR) is 41.3 cm³/mol. The van der Waals surface area contributed by atoms with Crippen LogP contribution in [0.25, 0.3) is 0 Å². The topological polar surface area (TPSA) is 34.1 Å². The van der Waals surface area contributed by atoms with Crippen LogP contribution in [0, 0.1) is 5.41 Å². The molecule has 0 aromatic carbocycles. The Hall–Kier alpha value is -0.180. The number of Topliss-reactive ketones (excluding diaryl/α,β-unsaturated/α-hetero) is 1. The molecule has 0 N–H and O–H groups in total. The maximum Gasteiger partial charge on any atom is 0.140 e. The first-order valence-electron chi connectivity index (χ1n) is 3.41. The minimum absolute atomic E-state index is 0.257. The summed E-state index contributed by atoms with van der Waals surface area (Å²) in [6.07, 6.45) is 0.500. The molecule has 1 fully saturated rings. The standard InChI is InChI=1S/C7H12O2S/c1-7(2)5-10(9)4-3-6(7)8/h3-5H2,1-2H3/t10-/m0/s1. The molecule has 1 aliphatic heterocycles. The summed E-state index contributed by atoms with van der Waals surface area (Å²) in [6, 6.07) is 0. The predicted octanol–water partition coefficient (Wildman–Crippen LogP) is 0.734. The van der Waals surface area contributed by atoms with Gasteiger partial charge in [0.25, 0.3) is 0 Å². The molecule has 1 saturated heterocycles. The molecular formula is C7H12O2S. The first kappa shape index (κ1) is 7.92. The highest BCUT2D eigenvalue weighted by molar-refractivity contribution is 7.85. The molecule has 10 heavy (non-hydrogen) atoms. The molecule has 0 aliphatic carbocycles. The van der Waals surface area contributed by atoms with Crippen LogP contribution < -0.4 is 0 Å². The second-order valence-corrected chi connectivity index (χ2v) is 4.92. The van der Waals surface area contributed by atoms with E-state index in [1.807, 2.05) is 13.8 Å². The van der Waals surface area contributed by atoms with Crippen molar-refractivity contribution in [2.45, 2.75) is 20.3 Å². The van der Waals surface area contributed by atoms with E-state index >= 15 is 0 Å². The zero-order valence-corrected chi connectivity index (χ0v) is 7.16. The quantitative estimate of drug-likeness (QED) is 0.523. The summed E-state index contributed by atoms with van der Waals surface area (Å²) >= 11 is 0. The van der Waals surface area contributed by atoms with Gasteiger partial charge in [-0.3, -0.25) is 9.00 Å². The van der Waals surface area contributed by atoms with Gasteiger partial charge in [0.05, 0.1) is 0 Å². The van der Waals surface area contributed by atoms with E-state index in [-0.39, 0.29) is 11.2 Å². The maximum absolute atomic E-state index is 11.1. The van der Waals surface area contributed by atoms with Crippen molar-refractivity contribution in [3.63, 3.8) is 0 Å². The van der Waals surface area contributed by atoms with Gasteiger partial charge < -0.3 is 0 Å². The SMILES string of the molecule is CC1(C)C[S@@](=O)CCC1=O. The van der Waals surface area contributed by atoms with E-state index < -0.39 is 10.8 Å². The molecule has 1 rings (SSSR count). The Morgan fingerprint density at radius 1 is 1.50 bits per heavy atom. The van der Waals surface area contributed by atoms with E-state index in [9.17, 15) is 9.00 Å². The Morgan fingerprint density at radius 2 is 2.10 bits per heavy atom. The summed E-state index contributed by atoms with van der Waals surface area (Å²) in [5, 5.41) is 0. The van der Waals surface area contributed by atoms with Crippen LogP contribution in [0.1, 0.15) is 20.3 Å². The first-order chi connectivity index (χ1) is 4.52. The molecule has 58 valence electrons. The number of ketones is 1. The summed E-state index contributed by atoms with van der Waals surface area (Å²) in [5.74, 6) is 1.38. The third-order valence-corrected chi connectivity index (χ3v) is 3.54. The van der Waals surface area contributed by atoms with E-state index in [0.29, 0.717) is 17.9 Å². The van der Waals surface area contributed by atoms with Crippen LogP contribution in [0.4, 0.5) is 0 Å². The van der Waals surface area contributed by atoms with Gasteiger partial charge in [0, 0.05) is 34.1 Å². The van der Waals surface area contributed by atoms with Crippen LogP contribution in [-0.2, 0) is 15.6 Å². The molecule has 1 aliphatic rings. The Labute approximate surface area is 63.5 Å². The smallest absolute Gasteiger partial charge is 0.140 e. The summed E-state index contributed by atoms with van der Waals surface area (Å²) in [5.41, 5.74) is -0.330. The van der Waals surface area contributed by atoms with E-state index in [4.69, 9.17) is 0 Å². The lowest BCUT2D eigenvalue weighted by Gasteiger charge is -2.26. The normalized spacial score (nSPS) is 32.2. The molecule has 2 nitrogen and oxygen atoms in total. The van der Waals surface area contributed by atoms with Crippen LogP contribution in [0.2, 0.25) is 0 Å². The maximum atomic E-state index is 11.1. The summed E-state index contributed by atoms with van der Waals surface area (Å²) in [4.78, 5) is 11.1. The van der Waals surface area contributed by atoms with Crippen molar-refractivity contribution in [3.05, 3.63) is 0 Å². The lowest BCUT2D eigenvalue weighted by Crippen LogP contribution is -2.36. The van der Waals surface area contributed by atoms with Crippen molar-refractivity contribution in [2.24, 2.45) is 5.41 Å². The number of rotatable bonds is 0. The molecule has 3 heteroatoms. The van der Waals surface area contributed by atoms with Gasteiger partial charge in [-0.2, -0.15) is 0 Å². The minimum Gasteiger partial charge on any atom is -0.299 e. The highest BCUT2D eigenvalue weighted by Crippen LogP contribution is 2.24. The van der Waals surface area contributed by atoms with Gasteiger partial charge in [-0.15, -0.1) is 0 Å². The van der Waals surface area contributed by atoms with Gasteiger partial charge in [0.2, 0.25) is 0 Å². The van der Waals surface area contributed by atoms with Crippen molar-refractivity contribution in [1.29, 1.82) is 0 Å². The largest absolute Gasteiger partial charge is 0.299 e. The fourth-order valence-corrected chi connectivity index (χ4v) is 2.62. The van der Waals surface area contributed by atoms with Crippen LogP contribution in [0.3, 0.4) is 0 Å². The molecule has 0 spiro atoms. The molecule has 0 bridgehead atoms. The van der Waals surface area contributed by atoms with Gasteiger partial charge in [-0.05, 0) is 0 Å². The molecule has 0 radical (unpaired) electrons. The average Bonchev–Trinajstić information content (AvgIpc) is 1.78. The highest BCUT2D eigenvalue weighted by Gasteiger charge is 2.33. The summed E-state index contributed by atoms with van der Waals surface area (Å²) in [7, 11) is -0.751. The summed E-state index contributed by atoms with van der Waals surface area (Å²) in [6.45, 7) is 3.73. The van der Waals surface area contributed by atoms with Gasteiger partial charge in [0.15, 0.2) is 0 Å². The van der Waals surface area contributed by atoms with E-state index in [0.717, 1.165) is 0 Å². The van der Waals surface area contributed by atoms with Crippen molar-refractivity contribution in [3.8, 4) is 0 Å². The highest BCUT2D eigenvalue weighted by atomic mass is 32.2. The van der Waals surface area contributed by atoms with Crippen LogP contribution in [0.5, 0.6) is 0 Å². The monoisotopic (exact) mass is 160 g/mol. The van der Waals surface area contributed by atoms with Gasteiger partial charge in [-0.1, -0.05) is 13.8 Å².